The molecule has 2 N–H and O–H groups in total. The largest absolute Gasteiger partial charge is 0.352 e. The van der Waals surface area contributed by atoms with Crippen molar-refractivity contribution in [1.82, 2.24) is 10.6 Å². The van der Waals surface area contributed by atoms with Crippen molar-refractivity contribution < 1.29 is 18.0 Å². The minimum atomic E-state index is -3.03. The number of carbonyl (C=O) groups excluding carboxylic acids is 2. The molecule has 6 nitrogen and oxygen atoms in total. The van der Waals surface area contributed by atoms with Crippen molar-refractivity contribution in [3.63, 3.8) is 0 Å². The van der Waals surface area contributed by atoms with Crippen LogP contribution in [0.2, 0.25) is 0 Å². The van der Waals surface area contributed by atoms with Crippen LogP contribution in [-0.2, 0) is 19.4 Å². The lowest BCUT2D eigenvalue weighted by Crippen LogP contribution is -2.38. The summed E-state index contributed by atoms with van der Waals surface area (Å²) in [5.74, 6) is -0.364. The quantitative estimate of drug-likeness (QED) is 0.833. The Morgan fingerprint density at radius 2 is 1.91 bits per heavy atom. The highest BCUT2D eigenvalue weighted by Gasteiger charge is 2.29. The highest BCUT2D eigenvalue weighted by atomic mass is 32.2. The van der Waals surface area contributed by atoms with Crippen molar-refractivity contribution >= 4 is 21.7 Å². The van der Waals surface area contributed by atoms with Gasteiger partial charge in [0.15, 0.2) is 9.84 Å². The zero-order valence-electron chi connectivity index (χ0n) is 13.3. The first kappa shape index (κ1) is 17.5. The maximum atomic E-state index is 12.2. The molecule has 1 aromatic carbocycles. The van der Waals surface area contributed by atoms with E-state index >= 15 is 0 Å². The SMILES string of the molecule is CC(=O)NC(CC(=O)NC1CCS(=O)(=O)C1)c1ccc(C)cc1. The number of hydrogen-bond donors (Lipinski definition) is 2. The fraction of sp³-hybridized carbons (Fsp3) is 0.500. The van der Waals surface area contributed by atoms with Gasteiger partial charge in [0.2, 0.25) is 11.8 Å². The number of rotatable bonds is 5. The van der Waals surface area contributed by atoms with Crippen LogP contribution < -0.4 is 10.6 Å². The molecule has 0 radical (unpaired) electrons. The summed E-state index contributed by atoms with van der Waals surface area (Å²) in [6.07, 6.45) is 0.530. The zero-order valence-corrected chi connectivity index (χ0v) is 14.2. The molecule has 2 amide bonds. The Morgan fingerprint density at radius 3 is 2.43 bits per heavy atom. The van der Waals surface area contributed by atoms with Gasteiger partial charge in [0, 0.05) is 13.0 Å². The van der Waals surface area contributed by atoms with Gasteiger partial charge in [-0.1, -0.05) is 29.8 Å². The van der Waals surface area contributed by atoms with E-state index in [0.29, 0.717) is 6.42 Å². The molecule has 0 spiro atoms. The number of sulfone groups is 1. The average Bonchev–Trinajstić information content (AvgIpc) is 2.77. The van der Waals surface area contributed by atoms with Crippen molar-refractivity contribution in [1.29, 1.82) is 0 Å². The van der Waals surface area contributed by atoms with E-state index in [-0.39, 0.29) is 35.8 Å². The lowest BCUT2D eigenvalue weighted by atomic mass is 10.0. The monoisotopic (exact) mass is 338 g/mol. The van der Waals surface area contributed by atoms with Gasteiger partial charge >= 0.3 is 0 Å². The Hall–Kier alpha value is -1.89. The lowest BCUT2D eigenvalue weighted by Gasteiger charge is -2.19. The van der Waals surface area contributed by atoms with Gasteiger partial charge in [-0.3, -0.25) is 9.59 Å². The number of benzene rings is 1. The molecule has 0 saturated carbocycles. The minimum Gasteiger partial charge on any atom is -0.352 e. The van der Waals surface area contributed by atoms with Crippen LogP contribution in [0, 0.1) is 6.92 Å². The Kier molecular flexibility index (Phi) is 5.41. The fourth-order valence-corrected chi connectivity index (χ4v) is 4.35. The second kappa shape index (κ2) is 7.12. The summed E-state index contributed by atoms with van der Waals surface area (Å²) in [5.41, 5.74) is 1.94. The molecule has 1 aliphatic heterocycles. The van der Waals surface area contributed by atoms with Crippen molar-refractivity contribution in [2.45, 2.75) is 38.8 Å². The van der Waals surface area contributed by atoms with Gasteiger partial charge in [0.25, 0.3) is 0 Å². The van der Waals surface area contributed by atoms with Crippen LogP contribution in [-0.4, -0.2) is 37.8 Å². The Balaban J connectivity index is 2.01. The van der Waals surface area contributed by atoms with Gasteiger partial charge < -0.3 is 10.6 Å². The molecule has 0 aliphatic carbocycles. The van der Waals surface area contributed by atoms with Crippen LogP contribution in [0.5, 0.6) is 0 Å². The van der Waals surface area contributed by atoms with Crippen molar-refractivity contribution in [2.24, 2.45) is 0 Å². The molecule has 23 heavy (non-hydrogen) atoms. The average molecular weight is 338 g/mol. The second-order valence-electron chi connectivity index (χ2n) is 6.04. The first-order chi connectivity index (χ1) is 10.7. The molecule has 1 fully saturated rings. The highest BCUT2D eigenvalue weighted by molar-refractivity contribution is 7.91. The molecule has 0 bridgehead atoms. The summed E-state index contributed by atoms with van der Waals surface area (Å²) in [7, 11) is -3.03. The standard InChI is InChI=1S/C16H22N2O4S/c1-11-3-5-13(6-4-11)15(17-12(2)19)9-16(20)18-14-7-8-23(21,22)10-14/h3-6,14-15H,7-10H2,1-2H3,(H,17,19)(H,18,20). The van der Waals surface area contributed by atoms with Crippen molar-refractivity contribution in [3.8, 4) is 0 Å². The summed E-state index contributed by atoms with van der Waals surface area (Å²) < 4.78 is 22.9. The molecule has 1 aliphatic rings. The highest BCUT2D eigenvalue weighted by Crippen LogP contribution is 2.18. The van der Waals surface area contributed by atoms with E-state index in [4.69, 9.17) is 0 Å². The molecule has 2 atom stereocenters. The summed E-state index contributed by atoms with van der Waals surface area (Å²) in [6.45, 7) is 3.37. The molecule has 1 aromatic rings. The van der Waals surface area contributed by atoms with Gasteiger partial charge in [0.05, 0.1) is 24.0 Å². The van der Waals surface area contributed by atoms with Crippen molar-refractivity contribution in [2.75, 3.05) is 11.5 Å². The van der Waals surface area contributed by atoms with E-state index < -0.39 is 15.9 Å². The molecule has 2 unspecified atom stereocenters. The third-order valence-electron chi connectivity index (χ3n) is 3.84. The van der Waals surface area contributed by atoms with Crippen LogP contribution in [0.4, 0.5) is 0 Å². The van der Waals surface area contributed by atoms with E-state index in [2.05, 4.69) is 10.6 Å². The van der Waals surface area contributed by atoms with Gasteiger partial charge in [-0.15, -0.1) is 0 Å². The van der Waals surface area contributed by atoms with Gasteiger partial charge in [-0.25, -0.2) is 8.42 Å². The van der Waals surface area contributed by atoms with Gasteiger partial charge in [0.1, 0.15) is 0 Å². The normalized spacial score (nSPS) is 20.7. The lowest BCUT2D eigenvalue weighted by molar-refractivity contribution is -0.123. The number of hydrogen-bond acceptors (Lipinski definition) is 4. The molecule has 1 heterocycles. The van der Waals surface area contributed by atoms with Gasteiger partial charge in [-0.05, 0) is 18.9 Å². The maximum Gasteiger partial charge on any atom is 0.222 e. The van der Waals surface area contributed by atoms with Crippen LogP contribution in [0.1, 0.15) is 36.9 Å². The molecular weight excluding hydrogens is 316 g/mol. The molecule has 126 valence electrons. The predicted molar refractivity (Wildman–Crippen MR) is 87.6 cm³/mol. The summed E-state index contributed by atoms with van der Waals surface area (Å²) >= 11 is 0. The molecular formula is C16H22N2O4S. The second-order valence-corrected chi connectivity index (χ2v) is 8.26. The molecule has 0 aromatic heterocycles. The predicted octanol–water partition coefficient (Wildman–Crippen LogP) is 0.866. The van der Waals surface area contributed by atoms with Crippen LogP contribution >= 0.6 is 0 Å². The third kappa shape index (κ3) is 5.35. The number of amides is 2. The Labute approximate surface area is 136 Å². The van der Waals surface area contributed by atoms with Crippen LogP contribution in [0.15, 0.2) is 24.3 Å². The fourth-order valence-electron chi connectivity index (χ4n) is 2.68. The topological polar surface area (TPSA) is 92.3 Å². The van der Waals surface area contributed by atoms with Crippen LogP contribution in [0.25, 0.3) is 0 Å². The van der Waals surface area contributed by atoms with Crippen LogP contribution in [0.3, 0.4) is 0 Å². The van der Waals surface area contributed by atoms with E-state index in [9.17, 15) is 18.0 Å². The number of aryl methyl sites for hydroxylation is 1. The third-order valence-corrected chi connectivity index (χ3v) is 5.61. The van der Waals surface area contributed by atoms with E-state index in [1.165, 1.54) is 6.92 Å². The van der Waals surface area contributed by atoms with Crippen molar-refractivity contribution in [3.05, 3.63) is 35.4 Å². The Bertz CT molecular complexity index is 683. The molecule has 1 saturated heterocycles. The smallest absolute Gasteiger partial charge is 0.222 e. The first-order valence-corrected chi connectivity index (χ1v) is 9.41. The number of nitrogens with one attached hydrogen (secondary N) is 2. The maximum absolute atomic E-state index is 12.2. The first-order valence-electron chi connectivity index (χ1n) is 7.58. The number of carbonyl (C=O) groups is 2. The Morgan fingerprint density at radius 1 is 1.26 bits per heavy atom. The van der Waals surface area contributed by atoms with E-state index in [0.717, 1.165) is 11.1 Å². The summed E-state index contributed by atoms with van der Waals surface area (Å²) in [6, 6.07) is 6.85. The molecule has 7 heteroatoms. The zero-order chi connectivity index (χ0) is 17.0. The minimum absolute atomic E-state index is 0.00588. The van der Waals surface area contributed by atoms with E-state index in [1.54, 1.807) is 0 Å². The molecule has 2 rings (SSSR count). The van der Waals surface area contributed by atoms with Gasteiger partial charge in [-0.2, -0.15) is 0 Å². The summed E-state index contributed by atoms with van der Waals surface area (Å²) in [5, 5.41) is 5.52. The summed E-state index contributed by atoms with van der Waals surface area (Å²) in [4.78, 5) is 23.6. The van der Waals surface area contributed by atoms with E-state index in [1.807, 2.05) is 31.2 Å².